The molecule has 0 saturated heterocycles. The van der Waals surface area contributed by atoms with Crippen molar-refractivity contribution in [2.75, 3.05) is 6.61 Å². The Labute approximate surface area is 161 Å². The van der Waals surface area contributed by atoms with Gasteiger partial charge in [0, 0.05) is 22.2 Å². The molecule has 0 fully saturated rings. The Bertz CT molecular complexity index is 1230. The number of phenolic OH excluding ortho intramolecular Hbond substituents is 1. The van der Waals surface area contributed by atoms with Gasteiger partial charge in [0.15, 0.2) is 12.4 Å². The van der Waals surface area contributed by atoms with Crippen LogP contribution < -0.4 is 10.2 Å². The van der Waals surface area contributed by atoms with Crippen LogP contribution in [0.3, 0.4) is 0 Å². The zero-order chi connectivity index (χ0) is 19.0. The summed E-state index contributed by atoms with van der Waals surface area (Å²) in [5.74, 6) is -0.218. The average molecular weight is 425 g/mol. The van der Waals surface area contributed by atoms with E-state index in [-0.39, 0.29) is 40.3 Å². The second kappa shape index (κ2) is 6.89. The molecule has 3 aromatic carbocycles. The molecule has 0 radical (unpaired) electrons. The highest BCUT2D eigenvalue weighted by molar-refractivity contribution is 9.10. The Balaban J connectivity index is 1.66. The number of aromatic hydroxyl groups is 1. The number of carbonyl (C=O) groups is 1. The number of phenols is 1. The molecule has 0 spiro atoms. The Morgan fingerprint density at radius 1 is 1.04 bits per heavy atom. The maximum Gasteiger partial charge on any atom is 0.204 e. The van der Waals surface area contributed by atoms with Gasteiger partial charge < -0.3 is 14.3 Å². The SMILES string of the molecule is O=C(COc1cc(O)c2c(=O)c3ccccc3oc2c1)c1ccc(Br)cc1. The molecular weight excluding hydrogens is 412 g/mol. The van der Waals surface area contributed by atoms with Crippen LogP contribution in [0, 0.1) is 0 Å². The van der Waals surface area contributed by atoms with E-state index in [4.69, 9.17) is 9.15 Å². The highest BCUT2D eigenvalue weighted by Gasteiger charge is 2.14. The van der Waals surface area contributed by atoms with Crippen molar-refractivity contribution in [2.45, 2.75) is 0 Å². The van der Waals surface area contributed by atoms with Crippen molar-refractivity contribution in [3.05, 3.63) is 80.9 Å². The Morgan fingerprint density at radius 3 is 2.56 bits per heavy atom. The molecule has 27 heavy (non-hydrogen) atoms. The van der Waals surface area contributed by atoms with E-state index in [0.29, 0.717) is 16.5 Å². The molecule has 0 atom stereocenters. The van der Waals surface area contributed by atoms with Gasteiger partial charge in [-0.15, -0.1) is 0 Å². The summed E-state index contributed by atoms with van der Waals surface area (Å²) in [7, 11) is 0. The first kappa shape index (κ1) is 17.3. The van der Waals surface area contributed by atoms with Crippen molar-refractivity contribution in [3.8, 4) is 11.5 Å². The molecule has 0 aliphatic rings. The van der Waals surface area contributed by atoms with Crippen molar-refractivity contribution in [1.29, 1.82) is 0 Å². The quantitative estimate of drug-likeness (QED) is 0.380. The van der Waals surface area contributed by atoms with E-state index < -0.39 is 0 Å². The number of carbonyl (C=O) groups excluding carboxylic acids is 1. The number of ketones is 1. The molecular formula is C21H13BrO5. The first-order chi connectivity index (χ1) is 13.0. The van der Waals surface area contributed by atoms with E-state index in [2.05, 4.69) is 15.9 Å². The Morgan fingerprint density at radius 2 is 1.78 bits per heavy atom. The molecule has 4 aromatic rings. The average Bonchev–Trinajstić information content (AvgIpc) is 2.66. The molecule has 0 unspecified atom stereocenters. The number of para-hydroxylation sites is 1. The molecule has 0 aliphatic heterocycles. The zero-order valence-electron chi connectivity index (χ0n) is 13.9. The number of halogens is 1. The normalized spacial score (nSPS) is 11.0. The number of benzene rings is 3. The van der Waals surface area contributed by atoms with Crippen LogP contribution in [-0.2, 0) is 0 Å². The lowest BCUT2D eigenvalue weighted by Gasteiger charge is -2.09. The van der Waals surface area contributed by atoms with Crippen molar-refractivity contribution < 1.29 is 19.1 Å². The van der Waals surface area contributed by atoms with Gasteiger partial charge in [0.2, 0.25) is 5.43 Å². The fraction of sp³-hybridized carbons (Fsp3) is 0.0476. The summed E-state index contributed by atoms with van der Waals surface area (Å²) in [5.41, 5.74) is 0.810. The topological polar surface area (TPSA) is 76.7 Å². The molecule has 0 aliphatic carbocycles. The van der Waals surface area contributed by atoms with Gasteiger partial charge in [0.25, 0.3) is 0 Å². The van der Waals surface area contributed by atoms with Crippen LogP contribution in [0.1, 0.15) is 10.4 Å². The third kappa shape index (κ3) is 3.31. The number of hydrogen-bond donors (Lipinski definition) is 1. The van der Waals surface area contributed by atoms with E-state index in [1.165, 1.54) is 12.1 Å². The molecule has 1 heterocycles. The smallest absolute Gasteiger partial charge is 0.204 e. The van der Waals surface area contributed by atoms with Gasteiger partial charge >= 0.3 is 0 Å². The molecule has 6 heteroatoms. The highest BCUT2D eigenvalue weighted by atomic mass is 79.9. The number of hydrogen-bond acceptors (Lipinski definition) is 5. The van der Waals surface area contributed by atoms with E-state index >= 15 is 0 Å². The molecule has 0 bridgehead atoms. The van der Waals surface area contributed by atoms with Crippen LogP contribution in [0.2, 0.25) is 0 Å². The molecule has 4 rings (SSSR count). The zero-order valence-corrected chi connectivity index (χ0v) is 15.5. The minimum absolute atomic E-state index is 0.0836. The Kier molecular flexibility index (Phi) is 4.41. The van der Waals surface area contributed by atoms with Gasteiger partial charge in [0.05, 0.1) is 5.39 Å². The Hall–Kier alpha value is -3.12. The fourth-order valence-corrected chi connectivity index (χ4v) is 3.10. The van der Waals surface area contributed by atoms with Gasteiger partial charge in [-0.3, -0.25) is 9.59 Å². The molecule has 0 amide bonds. The second-order valence-electron chi connectivity index (χ2n) is 5.96. The van der Waals surface area contributed by atoms with Crippen LogP contribution in [0.4, 0.5) is 0 Å². The van der Waals surface area contributed by atoms with Crippen LogP contribution in [0.15, 0.2) is 74.3 Å². The van der Waals surface area contributed by atoms with Crippen molar-refractivity contribution in [3.63, 3.8) is 0 Å². The van der Waals surface area contributed by atoms with Crippen LogP contribution in [0.25, 0.3) is 21.9 Å². The van der Waals surface area contributed by atoms with Crippen molar-refractivity contribution in [1.82, 2.24) is 0 Å². The van der Waals surface area contributed by atoms with Gasteiger partial charge in [0.1, 0.15) is 28.1 Å². The third-order valence-electron chi connectivity index (χ3n) is 4.17. The lowest BCUT2D eigenvalue weighted by Crippen LogP contribution is -2.11. The molecule has 1 aromatic heterocycles. The predicted molar refractivity (Wildman–Crippen MR) is 106 cm³/mol. The minimum atomic E-state index is -0.318. The molecule has 5 nitrogen and oxygen atoms in total. The lowest BCUT2D eigenvalue weighted by molar-refractivity contribution is 0.0921. The largest absolute Gasteiger partial charge is 0.507 e. The summed E-state index contributed by atoms with van der Waals surface area (Å²) in [6.45, 7) is -0.204. The van der Waals surface area contributed by atoms with Crippen molar-refractivity contribution >= 4 is 43.7 Å². The monoisotopic (exact) mass is 424 g/mol. The van der Waals surface area contributed by atoms with E-state index in [0.717, 1.165) is 4.47 Å². The summed E-state index contributed by atoms with van der Waals surface area (Å²) in [4.78, 5) is 24.8. The van der Waals surface area contributed by atoms with E-state index in [1.807, 2.05) is 0 Å². The minimum Gasteiger partial charge on any atom is -0.507 e. The van der Waals surface area contributed by atoms with Crippen LogP contribution in [0.5, 0.6) is 11.5 Å². The molecule has 0 saturated carbocycles. The third-order valence-corrected chi connectivity index (χ3v) is 4.70. The maximum atomic E-state index is 12.6. The highest BCUT2D eigenvalue weighted by Crippen LogP contribution is 2.30. The summed E-state index contributed by atoms with van der Waals surface area (Å²) < 4.78 is 12.1. The summed E-state index contributed by atoms with van der Waals surface area (Å²) in [6.07, 6.45) is 0. The number of ether oxygens (including phenoxy) is 1. The number of rotatable bonds is 4. The van der Waals surface area contributed by atoms with E-state index in [9.17, 15) is 14.7 Å². The van der Waals surface area contributed by atoms with Gasteiger partial charge in [-0.2, -0.15) is 0 Å². The summed E-state index contributed by atoms with van der Waals surface area (Å²) >= 11 is 3.32. The first-order valence-electron chi connectivity index (χ1n) is 8.13. The summed E-state index contributed by atoms with van der Waals surface area (Å²) in [6, 6.07) is 16.5. The number of Topliss-reactive ketones (excluding diaryl/α,β-unsaturated/α-hetero) is 1. The van der Waals surface area contributed by atoms with Gasteiger partial charge in [-0.25, -0.2) is 0 Å². The summed E-state index contributed by atoms with van der Waals surface area (Å²) in [5, 5.41) is 10.7. The second-order valence-corrected chi connectivity index (χ2v) is 6.88. The molecule has 134 valence electrons. The predicted octanol–water partition coefficient (Wildman–Crippen LogP) is 4.68. The fourth-order valence-electron chi connectivity index (χ4n) is 2.83. The lowest BCUT2D eigenvalue weighted by atomic mass is 10.1. The van der Waals surface area contributed by atoms with Gasteiger partial charge in [-0.1, -0.05) is 40.2 Å². The standard InChI is InChI=1S/C21H13BrO5/c22-13-7-5-12(6-8-13)17(24)11-26-14-9-16(23)20-19(10-14)27-18-4-2-1-3-15(18)21(20)25/h1-10,23H,11H2. The maximum absolute atomic E-state index is 12.6. The van der Waals surface area contributed by atoms with E-state index in [1.54, 1.807) is 48.5 Å². The first-order valence-corrected chi connectivity index (χ1v) is 8.92. The van der Waals surface area contributed by atoms with Gasteiger partial charge in [-0.05, 0) is 24.3 Å². The van der Waals surface area contributed by atoms with Crippen LogP contribution in [-0.4, -0.2) is 17.5 Å². The van der Waals surface area contributed by atoms with Crippen LogP contribution >= 0.6 is 15.9 Å². The molecule has 1 N–H and O–H groups in total. The van der Waals surface area contributed by atoms with Crippen molar-refractivity contribution in [2.24, 2.45) is 0 Å². The number of fused-ring (bicyclic) bond motifs is 2.